The molecule has 3 amide bonds. The maximum Gasteiger partial charge on any atom is 0.322 e. The fourth-order valence-corrected chi connectivity index (χ4v) is 4.47. The highest BCUT2D eigenvalue weighted by Gasteiger charge is 2.20. The Bertz CT molecular complexity index is 1400. The van der Waals surface area contributed by atoms with Gasteiger partial charge in [-0.2, -0.15) is 0 Å². The summed E-state index contributed by atoms with van der Waals surface area (Å²) >= 11 is 13.5. The fourth-order valence-electron chi connectivity index (χ4n) is 3.33. The number of hydrogen-bond donors (Lipinski definition) is 2. The summed E-state index contributed by atoms with van der Waals surface area (Å²) in [5.41, 5.74) is 1.97. The number of aromatic nitrogens is 1. The molecule has 37 heavy (non-hydrogen) atoms. The van der Waals surface area contributed by atoms with Crippen molar-refractivity contribution in [2.24, 2.45) is 0 Å². The standard InChI is InChI=1S/C26H20Cl2F2N4O2S/c27-20-2-1-3-21(24(20)28)33-26(36)34(13-17-6-10-19(30)11-7-17)14-23-32-22(15-37-23)25(35)31-12-16-4-8-18(29)9-5-16/h1-11,15H,12-14H2,(H,31,35)(H,33,36). The number of halogens is 4. The molecule has 0 aliphatic carbocycles. The van der Waals surface area contributed by atoms with Crippen molar-refractivity contribution >= 4 is 52.2 Å². The fraction of sp³-hybridized carbons (Fsp3) is 0.115. The zero-order valence-electron chi connectivity index (χ0n) is 19.2. The number of nitrogens with zero attached hydrogens (tertiary/aromatic N) is 2. The summed E-state index contributed by atoms with van der Waals surface area (Å²) in [4.78, 5) is 31.6. The van der Waals surface area contributed by atoms with Crippen LogP contribution in [0.25, 0.3) is 0 Å². The van der Waals surface area contributed by atoms with Gasteiger partial charge in [0, 0.05) is 18.5 Å². The molecule has 2 N–H and O–H groups in total. The molecule has 0 aliphatic heterocycles. The number of anilines is 1. The third kappa shape index (κ3) is 7.25. The van der Waals surface area contributed by atoms with Crippen molar-refractivity contribution in [2.45, 2.75) is 19.6 Å². The summed E-state index contributed by atoms with van der Waals surface area (Å²) in [7, 11) is 0. The van der Waals surface area contributed by atoms with Gasteiger partial charge in [0.15, 0.2) is 0 Å². The van der Waals surface area contributed by atoms with Crippen LogP contribution in [-0.4, -0.2) is 21.8 Å². The molecule has 3 aromatic carbocycles. The van der Waals surface area contributed by atoms with Crippen molar-refractivity contribution in [1.29, 1.82) is 0 Å². The smallest absolute Gasteiger partial charge is 0.322 e. The SMILES string of the molecule is O=C(NCc1ccc(F)cc1)c1csc(CN(Cc2ccc(F)cc2)C(=O)Nc2cccc(Cl)c2Cl)n1. The molecule has 1 aromatic heterocycles. The molecular weight excluding hydrogens is 541 g/mol. The second-order valence-electron chi connectivity index (χ2n) is 7.95. The number of carbonyl (C=O) groups excluding carboxylic acids is 2. The van der Waals surface area contributed by atoms with Crippen LogP contribution in [-0.2, 0) is 19.6 Å². The Balaban J connectivity index is 1.47. The number of urea groups is 1. The van der Waals surface area contributed by atoms with E-state index in [2.05, 4.69) is 15.6 Å². The van der Waals surface area contributed by atoms with E-state index in [1.807, 2.05) is 0 Å². The third-order valence-electron chi connectivity index (χ3n) is 5.24. The molecule has 0 saturated heterocycles. The van der Waals surface area contributed by atoms with Crippen LogP contribution in [0.1, 0.15) is 26.6 Å². The van der Waals surface area contributed by atoms with Gasteiger partial charge in [0.05, 0.1) is 22.3 Å². The van der Waals surface area contributed by atoms with Crippen molar-refractivity contribution < 1.29 is 18.4 Å². The molecule has 0 atom stereocenters. The van der Waals surface area contributed by atoms with E-state index in [1.54, 1.807) is 47.8 Å². The molecule has 190 valence electrons. The van der Waals surface area contributed by atoms with Gasteiger partial charge < -0.3 is 15.5 Å². The zero-order valence-corrected chi connectivity index (χ0v) is 21.5. The molecule has 0 radical (unpaired) electrons. The van der Waals surface area contributed by atoms with E-state index in [9.17, 15) is 18.4 Å². The van der Waals surface area contributed by atoms with Gasteiger partial charge >= 0.3 is 6.03 Å². The number of nitrogens with one attached hydrogen (secondary N) is 2. The lowest BCUT2D eigenvalue weighted by Crippen LogP contribution is -2.34. The highest BCUT2D eigenvalue weighted by atomic mass is 35.5. The van der Waals surface area contributed by atoms with Crippen molar-refractivity contribution in [3.63, 3.8) is 0 Å². The Kier molecular flexibility index (Phi) is 8.70. The van der Waals surface area contributed by atoms with E-state index >= 15 is 0 Å². The number of rotatable bonds is 8. The van der Waals surface area contributed by atoms with Crippen LogP contribution in [0.15, 0.2) is 72.1 Å². The van der Waals surface area contributed by atoms with Crippen molar-refractivity contribution in [1.82, 2.24) is 15.2 Å². The molecule has 0 unspecified atom stereocenters. The lowest BCUT2D eigenvalue weighted by molar-refractivity contribution is 0.0946. The van der Waals surface area contributed by atoms with Crippen LogP contribution in [0.2, 0.25) is 10.0 Å². The monoisotopic (exact) mass is 560 g/mol. The molecule has 0 fully saturated rings. The molecule has 4 rings (SSSR count). The van der Waals surface area contributed by atoms with Gasteiger partial charge in [-0.25, -0.2) is 18.6 Å². The summed E-state index contributed by atoms with van der Waals surface area (Å²) in [6.07, 6.45) is 0. The normalized spacial score (nSPS) is 10.7. The van der Waals surface area contributed by atoms with E-state index < -0.39 is 11.9 Å². The van der Waals surface area contributed by atoms with Crippen LogP contribution in [0.5, 0.6) is 0 Å². The average molecular weight is 561 g/mol. The molecule has 0 aliphatic rings. The third-order valence-corrected chi connectivity index (χ3v) is 6.90. The van der Waals surface area contributed by atoms with E-state index in [0.717, 1.165) is 5.56 Å². The van der Waals surface area contributed by atoms with Gasteiger partial charge in [-0.3, -0.25) is 4.79 Å². The second-order valence-corrected chi connectivity index (χ2v) is 9.68. The molecule has 1 heterocycles. The molecule has 0 saturated carbocycles. The Labute approximate surface area is 225 Å². The number of benzene rings is 3. The second kappa shape index (κ2) is 12.1. The van der Waals surface area contributed by atoms with Crippen molar-refractivity contribution in [3.8, 4) is 0 Å². The van der Waals surface area contributed by atoms with Crippen LogP contribution in [0.4, 0.5) is 19.3 Å². The van der Waals surface area contributed by atoms with Gasteiger partial charge in [0.25, 0.3) is 5.91 Å². The molecule has 0 spiro atoms. The van der Waals surface area contributed by atoms with Gasteiger partial charge in [0.2, 0.25) is 0 Å². The van der Waals surface area contributed by atoms with E-state index in [0.29, 0.717) is 21.3 Å². The van der Waals surface area contributed by atoms with Gasteiger partial charge in [-0.15, -0.1) is 11.3 Å². The predicted molar refractivity (Wildman–Crippen MR) is 141 cm³/mol. The number of thiazole rings is 1. The minimum atomic E-state index is -0.481. The first-order valence-corrected chi connectivity index (χ1v) is 12.6. The Hall–Kier alpha value is -3.53. The first-order valence-electron chi connectivity index (χ1n) is 11.0. The Morgan fingerprint density at radius 3 is 2.22 bits per heavy atom. The lowest BCUT2D eigenvalue weighted by Gasteiger charge is -2.23. The average Bonchev–Trinajstić information content (AvgIpc) is 3.36. The molecule has 0 bridgehead atoms. The Morgan fingerprint density at radius 2 is 1.54 bits per heavy atom. The summed E-state index contributed by atoms with van der Waals surface area (Å²) in [6, 6.07) is 16.0. The van der Waals surface area contributed by atoms with Crippen LogP contribution in [0.3, 0.4) is 0 Å². The van der Waals surface area contributed by atoms with Gasteiger partial charge in [0.1, 0.15) is 22.3 Å². The Morgan fingerprint density at radius 1 is 0.892 bits per heavy atom. The zero-order chi connectivity index (χ0) is 26.4. The number of carbonyl (C=O) groups is 2. The summed E-state index contributed by atoms with van der Waals surface area (Å²) in [6.45, 7) is 0.443. The van der Waals surface area contributed by atoms with Crippen LogP contribution in [0, 0.1) is 11.6 Å². The lowest BCUT2D eigenvalue weighted by atomic mass is 10.2. The van der Waals surface area contributed by atoms with E-state index in [-0.39, 0.29) is 42.0 Å². The minimum Gasteiger partial charge on any atom is -0.347 e. The number of amides is 3. The predicted octanol–water partition coefficient (Wildman–Crippen LogP) is 6.89. The van der Waals surface area contributed by atoms with Crippen molar-refractivity contribution in [2.75, 3.05) is 5.32 Å². The van der Waals surface area contributed by atoms with E-state index in [4.69, 9.17) is 23.2 Å². The highest BCUT2D eigenvalue weighted by molar-refractivity contribution is 7.09. The highest BCUT2D eigenvalue weighted by Crippen LogP contribution is 2.30. The van der Waals surface area contributed by atoms with Crippen LogP contribution >= 0.6 is 34.5 Å². The van der Waals surface area contributed by atoms with Crippen LogP contribution < -0.4 is 10.6 Å². The molecule has 6 nitrogen and oxygen atoms in total. The van der Waals surface area contributed by atoms with Gasteiger partial charge in [-0.05, 0) is 47.5 Å². The molecule has 4 aromatic rings. The summed E-state index contributed by atoms with van der Waals surface area (Å²) in [5, 5.41) is 8.09. The minimum absolute atomic E-state index is 0.0807. The largest absolute Gasteiger partial charge is 0.347 e. The van der Waals surface area contributed by atoms with Gasteiger partial charge in [-0.1, -0.05) is 53.5 Å². The molecular formula is C26H20Cl2F2N4O2S. The number of hydrogen-bond acceptors (Lipinski definition) is 4. The maximum absolute atomic E-state index is 13.4. The quantitative estimate of drug-likeness (QED) is 0.246. The van der Waals surface area contributed by atoms with E-state index in [1.165, 1.54) is 40.5 Å². The maximum atomic E-state index is 13.4. The van der Waals surface area contributed by atoms with Crippen molar-refractivity contribution in [3.05, 3.63) is 116 Å². The topological polar surface area (TPSA) is 74.3 Å². The first kappa shape index (κ1) is 26.5. The first-order chi connectivity index (χ1) is 17.8. The summed E-state index contributed by atoms with van der Waals surface area (Å²) in [5.74, 6) is -1.14. The molecule has 11 heteroatoms. The summed E-state index contributed by atoms with van der Waals surface area (Å²) < 4.78 is 26.5.